The molecule has 0 aromatic heterocycles. The maximum absolute atomic E-state index is 12.5. The average molecular weight is 390 g/mol. The van der Waals surface area contributed by atoms with E-state index < -0.39 is 5.54 Å². The monoisotopic (exact) mass is 389 g/mol. The van der Waals surface area contributed by atoms with E-state index in [9.17, 15) is 10.1 Å². The lowest BCUT2D eigenvalue weighted by molar-refractivity contribution is 0.0936. The number of benzene rings is 2. The van der Waals surface area contributed by atoms with Gasteiger partial charge in [0.1, 0.15) is 5.04 Å². The van der Waals surface area contributed by atoms with Crippen molar-refractivity contribution in [1.29, 1.82) is 5.26 Å². The third kappa shape index (κ3) is 3.98. The summed E-state index contributed by atoms with van der Waals surface area (Å²) in [7, 11) is 0. The van der Waals surface area contributed by atoms with Crippen LogP contribution in [0.25, 0.3) is 0 Å². The Morgan fingerprint density at radius 2 is 1.72 bits per heavy atom. The Morgan fingerprint density at radius 1 is 1.12 bits per heavy atom. The van der Waals surface area contributed by atoms with Gasteiger partial charge in [0.2, 0.25) is 0 Å². The van der Waals surface area contributed by atoms with Crippen LogP contribution in [0.2, 0.25) is 10.0 Å². The number of thioether (sulfide) groups is 1. The van der Waals surface area contributed by atoms with Crippen LogP contribution >= 0.6 is 35.0 Å². The molecule has 2 aromatic rings. The number of halogens is 2. The number of carbonyl (C=O) groups excluding carboxylic acids is 1. The smallest absolute Gasteiger partial charge is 0.252 e. The van der Waals surface area contributed by atoms with Gasteiger partial charge in [-0.2, -0.15) is 5.26 Å². The van der Waals surface area contributed by atoms with Gasteiger partial charge in [-0.25, -0.2) is 4.99 Å². The molecule has 0 saturated carbocycles. The quantitative estimate of drug-likeness (QED) is 0.815. The molecule has 1 unspecified atom stereocenters. The summed E-state index contributed by atoms with van der Waals surface area (Å²) < 4.78 is 0. The van der Waals surface area contributed by atoms with Gasteiger partial charge in [0.25, 0.3) is 5.91 Å². The molecule has 1 aliphatic rings. The number of aliphatic imine (C=N–C) groups is 1. The highest BCUT2D eigenvalue weighted by Crippen LogP contribution is 2.33. The Kier molecular flexibility index (Phi) is 5.33. The number of hydrogen-bond donors (Lipinski definition) is 1. The van der Waals surface area contributed by atoms with Gasteiger partial charge >= 0.3 is 0 Å². The third-order valence-electron chi connectivity index (χ3n) is 3.76. The highest BCUT2D eigenvalue weighted by molar-refractivity contribution is 8.14. The fraction of sp³-hybridized carbons (Fsp3) is 0.167. The molecule has 7 heteroatoms. The van der Waals surface area contributed by atoms with E-state index >= 15 is 0 Å². The molecule has 1 heterocycles. The van der Waals surface area contributed by atoms with Crippen molar-refractivity contribution in [2.45, 2.75) is 12.0 Å². The van der Waals surface area contributed by atoms with Gasteiger partial charge < -0.3 is 5.32 Å². The molecule has 1 saturated heterocycles. The first-order valence-electron chi connectivity index (χ1n) is 7.49. The second-order valence-electron chi connectivity index (χ2n) is 5.47. The zero-order chi connectivity index (χ0) is 17.9. The Labute approximate surface area is 159 Å². The minimum atomic E-state index is -1.12. The van der Waals surface area contributed by atoms with Crippen LogP contribution in [0.4, 0.5) is 5.69 Å². The molecule has 3 rings (SSSR count). The Hall–Kier alpha value is -2.00. The summed E-state index contributed by atoms with van der Waals surface area (Å²) in [6.07, 6.45) is 0.500. The van der Waals surface area contributed by atoms with Crippen molar-refractivity contribution in [1.82, 2.24) is 5.32 Å². The van der Waals surface area contributed by atoms with Crippen molar-refractivity contribution in [3.63, 3.8) is 0 Å². The number of hydrogen-bond acceptors (Lipinski definition) is 4. The fourth-order valence-corrected chi connectivity index (χ4v) is 3.88. The number of rotatable bonds is 3. The summed E-state index contributed by atoms with van der Waals surface area (Å²) in [5.41, 5.74) is 0.0111. The molecular weight excluding hydrogens is 377 g/mol. The van der Waals surface area contributed by atoms with Crippen LogP contribution < -0.4 is 5.32 Å². The first kappa shape index (κ1) is 17.8. The molecule has 25 heavy (non-hydrogen) atoms. The van der Waals surface area contributed by atoms with Crippen LogP contribution in [-0.4, -0.2) is 22.2 Å². The van der Waals surface area contributed by atoms with E-state index in [0.717, 1.165) is 0 Å². The van der Waals surface area contributed by atoms with Crippen molar-refractivity contribution < 1.29 is 4.79 Å². The number of nitrogens with one attached hydrogen (secondary N) is 1. The van der Waals surface area contributed by atoms with Crippen molar-refractivity contribution in [2.75, 3.05) is 5.75 Å². The predicted molar refractivity (Wildman–Crippen MR) is 103 cm³/mol. The minimum absolute atomic E-state index is 0.329. The van der Waals surface area contributed by atoms with Crippen molar-refractivity contribution in [3.8, 4) is 6.07 Å². The third-order valence-corrected chi connectivity index (χ3v) is 5.39. The molecule has 1 N–H and O–H groups in total. The van der Waals surface area contributed by atoms with Crippen LogP contribution in [0.5, 0.6) is 0 Å². The van der Waals surface area contributed by atoms with Gasteiger partial charge in [-0.15, -0.1) is 11.8 Å². The maximum atomic E-state index is 12.5. The zero-order valence-electron chi connectivity index (χ0n) is 13.0. The van der Waals surface area contributed by atoms with Gasteiger partial charge in [0, 0.05) is 21.4 Å². The minimum Gasteiger partial charge on any atom is -0.328 e. The highest BCUT2D eigenvalue weighted by atomic mass is 35.5. The van der Waals surface area contributed by atoms with Crippen LogP contribution in [-0.2, 0) is 0 Å². The molecule has 0 aliphatic carbocycles. The lowest BCUT2D eigenvalue weighted by Gasteiger charge is -2.22. The van der Waals surface area contributed by atoms with Crippen molar-refractivity contribution in [2.24, 2.45) is 4.99 Å². The van der Waals surface area contributed by atoms with Crippen LogP contribution in [0.3, 0.4) is 0 Å². The topological polar surface area (TPSA) is 65.2 Å². The normalized spacial score (nSPS) is 21.1. The van der Waals surface area contributed by atoms with Crippen molar-refractivity contribution in [3.05, 3.63) is 64.1 Å². The van der Waals surface area contributed by atoms with E-state index in [-0.39, 0.29) is 5.91 Å². The second-order valence-corrected chi connectivity index (χ2v) is 7.43. The van der Waals surface area contributed by atoms with Gasteiger partial charge in [-0.1, -0.05) is 23.2 Å². The molecule has 0 spiro atoms. The van der Waals surface area contributed by atoms with E-state index in [0.29, 0.717) is 38.5 Å². The first-order chi connectivity index (χ1) is 12.0. The Bertz CT molecular complexity index is 859. The van der Waals surface area contributed by atoms with Gasteiger partial charge in [-0.3, -0.25) is 4.79 Å². The lowest BCUT2D eigenvalue weighted by Crippen LogP contribution is -2.50. The standard InChI is InChI=1S/C18H13Cl2N3OS/c19-13-3-1-12(2-4-13)16(24)23-18(11-21)9-10-25-17(18)22-15-7-5-14(20)6-8-15/h1-8H,9-10H2,(H,23,24). The summed E-state index contributed by atoms with van der Waals surface area (Å²) in [5.74, 6) is 0.380. The molecule has 126 valence electrons. The molecule has 0 bridgehead atoms. The first-order valence-corrected chi connectivity index (χ1v) is 9.23. The molecule has 4 nitrogen and oxygen atoms in total. The molecule has 1 fully saturated rings. The molecule has 1 amide bonds. The number of nitrogens with zero attached hydrogens (tertiary/aromatic N) is 2. The summed E-state index contributed by atoms with van der Waals surface area (Å²) in [6, 6.07) is 15.8. The average Bonchev–Trinajstić information content (AvgIpc) is 3.00. The summed E-state index contributed by atoms with van der Waals surface area (Å²) >= 11 is 13.2. The predicted octanol–water partition coefficient (Wildman–Crippen LogP) is 4.85. The van der Waals surface area contributed by atoms with Gasteiger partial charge in [0.05, 0.1) is 11.8 Å². The number of nitriles is 1. The maximum Gasteiger partial charge on any atom is 0.252 e. The fourth-order valence-electron chi connectivity index (χ4n) is 2.41. The zero-order valence-corrected chi connectivity index (χ0v) is 15.3. The van der Waals surface area contributed by atoms with Gasteiger partial charge in [-0.05, 0) is 55.0 Å². The molecule has 1 aliphatic heterocycles. The van der Waals surface area contributed by atoms with Gasteiger partial charge in [0.15, 0.2) is 5.54 Å². The highest BCUT2D eigenvalue weighted by Gasteiger charge is 2.43. The summed E-state index contributed by atoms with van der Waals surface area (Å²) in [4.78, 5) is 17.1. The van der Waals surface area contributed by atoms with Crippen LogP contribution in [0.1, 0.15) is 16.8 Å². The van der Waals surface area contributed by atoms with E-state index in [1.54, 1.807) is 48.5 Å². The Morgan fingerprint density at radius 3 is 2.32 bits per heavy atom. The molecular formula is C18H13Cl2N3OS. The van der Waals surface area contributed by atoms with E-state index in [1.807, 2.05) is 0 Å². The van der Waals surface area contributed by atoms with E-state index in [2.05, 4.69) is 16.4 Å². The lowest BCUT2D eigenvalue weighted by atomic mass is 9.99. The molecule has 1 atom stereocenters. The largest absolute Gasteiger partial charge is 0.328 e. The van der Waals surface area contributed by atoms with Crippen LogP contribution in [0.15, 0.2) is 53.5 Å². The molecule has 0 radical (unpaired) electrons. The Balaban J connectivity index is 1.87. The van der Waals surface area contributed by atoms with Crippen molar-refractivity contribution >= 4 is 51.6 Å². The van der Waals surface area contributed by atoms with E-state index in [4.69, 9.17) is 23.2 Å². The number of amides is 1. The summed E-state index contributed by atoms with van der Waals surface area (Å²) in [5, 5.41) is 14.3. The summed E-state index contributed by atoms with van der Waals surface area (Å²) in [6.45, 7) is 0. The SMILES string of the molecule is N#CC1(NC(=O)c2ccc(Cl)cc2)CCSC1=Nc1ccc(Cl)cc1. The second kappa shape index (κ2) is 7.49. The molecule has 2 aromatic carbocycles. The van der Waals surface area contributed by atoms with Crippen LogP contribution in [0, 0.1) is 11.3 Å². The number of carbonyl (C=O) groups is 1. The van der Waals surface area contributed by atoms with E-state index in [1.165, 1.54) is 11.8 Å².